The molecule has 0 aliphatic carbocycles. The van der Waals surface area contributed by atoms with Gasteiger partial charge in [-0.25, -0.2) is 23.3 Å². The van der Waals surface area contributed by atoms with Gasteiger partial charge >= 0.3 is 12.2 Å². The summed E-state index contributed by atoms with van der Waals surface area (Å²) >= 11 is 1.05. The molecule has 2 aromatic heterocycles. The normalized spacial score (nSPS) is 15.4. The van der Waals surface area contributed by atoms with Gasteiger partial charge in [0, 0.05) is 35.5 Å². The number of oxazole rings is 1. The van der Waals surface area contributed by atoms with Crippen molar-refractivity contribution >= 4 is 24.0 Å². The fourth-order valence-electron chi connectivity index (χ4n) is 3.04. The standard InChI is InChI=1S/C19H17F2N5O4S/c1-10-12-7-13(20)15(29-18-24-5-6-28-18)8-14(12)30-19(27)26(10)9-11-3-4-23-17(16(11)21)25-31-22-2/h3-8,10,22H,9H2,1-2H3,(H,23,25). The molecule has 0 radical (unpaired) electrons. The second-order valence-corrected chi connectivity index (χ2v) is 7.25. The minimum atomic E-state index is -0.705. The lowest BCUT2D eigenvalue weighted by atomic mass is 10.0. The van der Waals surface area contributed by atoms with Gasteiger partial charge in [-0.05, 0) is 26.1 Å². The maximum absolute atomic E-state index is 14.8. The molecule has 31 heavy (non-hydrogen) atoms. The number of carbonyl (C=O) groups excluding carboxylic acids is 1. The monoisotopic (exact) mass is 449 g/mol. The van der Waals surface area contributed by atoms with Crippen LogP contribution in [-0.2, 0) is 6.54 Å². The number of amides is 1. The van der Waals surface area contributed by atoms with Gasteiger partial charge in [0.05, 0.1) is 18.8 Å². The fourth-order valence-corrected chi connectivity index (χ4v) is 3.38. The SMILES string of the molecule is CNSNc1nccc(CN2C(=O)Oc3cc(Oc4ncco4)c(F)cc3C2C)c1F. The number of pyridine rings is 1. The Morgan fingerprint density at radius 2 is 2.13 bits per heavy atom. The minimum absolute atomic E-state index is 0.0228. The summed E-state index contributed by atoms with van der Waals surface area (Å²) in [7, 11) is 1.67. The molecule has 1 amide bonds. The topological polar surface area (TPSA) is 102 Å². The highest BCUT2D eigenvalue weighted by atomic mass is 32.2. The second-order valence-electron chi connectivity index (χ2n) is 6.43. The number of nitrogens with one attached hydrogen (secondary N) is 2. The quantitative estimate of drug-likeness (QED) is 0.508. The zero-order valence-corrected chi connectivity index (χ0v) is 17.2. The van der Waals surface area contributed by atoms with E-state index < -0.39 is 23.8 Å². The molecule has 1 aromatic carbocycles. The van der Waals surface area contributed by atoms with Gasteiger partial charge in [-0.2, -0.15) is 4.98 Å². The van der Waals surface area contributed by atoms with E-state index in [-0.39, 0.29) is 35.5 Å². The minimum Gasteiger partial charge on any atom is -0.417 e. The van der Waals surface area contributed by atoms with Crippen LogP contribution < -0.4 is 18.9 Å². The Morgan fingerprint density at radius 1 is 1.29 bits per heavy atom. The highest BCUT2D eigenvalue weighted by molar-refractivity contribution is 7.98. The lowest BCUT2D eigenvalue weighted by molar-refractivity contribution is 0.116. The summed E-state index contributed by atoms with van der Waals surface area (Å²) in [5.41, 5.74) is 0.640. The third-order valence-corrected chi connectivity index (χ3v) is 5.08. The van der Waals surface area contributed by atoms with Gasteiger partial charge in [0.25, 0.3) is 0 Å². The van der Waals surface area contributed by atoms with E-state index in [1.165, 1.54) is 41.8 Å². The van der Waals surface area contributed by atoms with Crippen molar-refractivity contribution in [2.45, 2.75) is 19.5 Å². The molecule has 0 spiro atoms. The molecule has 9 nitrogen and oxygen atoms in total. The number of hydrogen-bond acceptors (Lipinski definition) is 9. The lowest BCUT2D eigenvalue weighted by Gasteiger charge is -2.34. The van der Waals surface area contributed by atoms with Crippen molar-refractivity contribution in [1.82, 2.24) is 19.6 Å². The van der Waals surface area contributed by atoms with E-state index in [9.17, 15) is 13.6 Å². The van der Waals surface area contributed by atoms with Crippen LogP contribution in [0.4, 0.5) is 19.4 Å². The van der Waals surface area contributed by atoms with Crippen LogP contribution >= 0.6 is 12.1 Å². The molecule has 0 fully saturated rings. The smallest absolute Gasteiger partial charge is 0.416 e. The number of carbonyl (C=O) groups is 1. The molecule has 1 unspecified atom stereocenters. The molecule has 4 rings (SSSR count). The molecule has 2 N–H and O–H groups in total. The van der Waals surface area contributed by atoms with Crippen molar-refractivity contribution in [1.29, 1.82) is 0 Å². The van der Waals surface area contributed by atoms with E-state index in [0.717, 1.165) is 12.1 Å². The van der Waals surface area contributed by atoms with Gasteiger partial charge in [0.1, 0.15) is 12.0 Å². The lowest BCUT2D eigenvalue weighted by Crippen LogP contribution is -2.39. The average molecular weight is 449 g/mol. The molecule has 1 atom stereocenters. The Morgan fingerprint density at radius 3 is 2.87 bits per heavy atom. The van der Waals surface area contributed by atoms with E-state index in [1.54, 1.807) is 14.0 Å². The van der Waals surface area contributed by atoms with Crippen LogP contribution in [0.1, 0.15) is 24.1 Å². The number of hydrogen-bond donors (Lipinski definition) is 2. The molecule has 162 valence electrons. The van der Waals surface area contributed by atoms with E-state index >= 15 is 0 Å². The van der Waals surface area contributed by atoms with Crippen LogP contribution in [0.15, 0.2) is 41.3 Å². The van der Waals surface area contributed by atoms with Crippen LogP contribution in [0.3, 0.4) is 0 Å². The van der Waals surface area contributed by atoms with E-state index in [0.29, 0.717) is 5.56 Å². The van der Waals surface area contributed by atoms with Crippen molar-refractivity contribution in [3.63, 3.8) is 0 Å². The first-order valence-electron chi connectivity index (χ1n) is 9.09. The van der Waals surface area contributed by atoms with E-state index in [1.807, 2.05) is 0 Å². The number of halogens is 2. The third-order valence-electron chi connectivity index (χ3n) is 4.58. The van der Waals surface area contributed by atoms with Crippen LogP contribution in [0.25, 0.3) is 0 Å². The Hall–Kier alpha value is -3.38. The van der Waals surface area contributed by atoms with Gasteiger partial charge in [-0.1, -0.05) is 0 Å². The first-order chi connectivity index (χ1) is 15.0. The number of rotatable bonds is 7. The summed E-state index contributed by atoms with van der Waals surface area (Å²) in [4.78, 5) is 21.6. The van der Waals surface area contributed by atoms with Crippen molar-refractivity contribution in [2.75, 3.05) is 11.8 Å². The number of aromatic nitrogens is 2. The maximum atomic E-state index is 14.8. The maximum Gasteiger partial charge on any atom is 0.416 e. The molecule has 12 heteroatoms. The van der Waals surface area contributed by atoms with Gasteiger partial charge in [0.2, 0.25) is 0 Å². The molecule has 1 aliphatic rings. The Balaban J connectivity index is 1.58. The van der Waals surface area contributed by atoms with Gasteiger partial charge in [-0.15, -0.1) is 0 Å². The highest BCUT2D eigenvalue weighted by Crippen LogP contribution is 2.40. The number of benzene rings is 1. The first-order valence-corrected chi connectivity index (χ1v) is 9.90. The van der Waals surface area contributed by atoms with Crippen LogP contribution in [0.5, 0.6) is 17.6 Å². The Bertz CT molecular complexity index is 1100. The zero-order valence-electron chi connectivity index (χ0n) is 16.4. The summed E-state index contributed by atoms with van der Waals surface area (Å²) in [5, 5.41) is 0. The van der Waals surface area contributed by atoms with Crippen LogP contribution in [-0.4, -0.2) is 28.0 Å². The highest BCUT2D eigenvalue weighted by Gasteiger charge is 2.34. The molecule has 0 bridgehead atoms. The van der Waals surface area contributed by atoms with Crippen molar-refractivity contribution in [3.05, 3.63) is 59.6 Å². The van der Waals surface area contributed by atoms with Crippen LogP contribution in [0, 0.1) is 11.6 Å². The van der Waals surface area contributed by atoms with E-state index in [2.05, 4.69) is 19.4 Å². The molecule has 0 saturated carbocycles. The summed E-state index contributed by atoms with van der Waals surface area (Å²) in [5.74, 6) is -1.33. The zero-order chi connectivity index (χ0) is 22.0. The summed E-state index contributed by atoms with van der Waals surface area (Å²) < 4.78 is 50.4. The Kier molecular flexibility index (Phi) is 5.91. The summed E-state index contributed by atoms with van der Waals surface area (Å²) in [6.45, 7) is 1.60. The molecule has 3 heterocycles. The van der Waals surface area contributed by atoms with Gasteiger partial charge < -0.3 is 13.9 Å². The largest absolute Gasteiger partial charge is 0.417 e. The number of anilines is 1. The van der Waals surface area contributed by atoms with Crippen LogP contribution in [0.2, 0.25) is 0 Å². The van der Waals surface area contributed by atoms with Crippen molar-refractivity contribution < 1.29 is 27.5 Å². The predicted molar refractivity (Wildman–Crippen MR) is 107 cm³/mol. The summed E-state index contributed by atoms with van der Waals surface area (Å²) in [6.07, 6.45) is 3.20. The van der Waals surface area contributed by atoms with Crippen molar-refractivity contribution in [2.24, 2.45) is 0 Å². The van der Waals surface area contributed by atoms with E-state index in [4.69, 9.17) is 13.9 Å². The fraction of sp³-hybridized carbons (Fsp3) is 0.211. The predicted octanol–water partition coefficient (Wildman–Crippen LogP) is 4.41. The third kappa shape index (κ3) is 4.25. The van der Waals surface area contributed by atoms with Crippen molar-refractivity contribution in [3.8, 4) is 17.6 Å². The molecule has 0 saturated heterocycles. The second kappa shape index (κ2) is 8.78. The van der Waals surface area contributed by atoms with Gasteiger partial charge in [-0.3, -0.25) is 9.62 Å². The molecule has 1 aliphatic heterocycles. The summed E-state index contributed by atoms with van der Waals surface area (Å²) in [6, 6.07) is 3.34. The number of fused-ring (bicyclic) bond motifs is 1. The number of nitrogens with zero attached hydrogens (tertiary/aromatic N) is 3. The first kappa shape index (κ1) is 20.9. The molecular formula is C19H17F2N5O4S. The molecular weight excluding hydrogens is 432 g/mol. The molecule has 3 aromatic rings. The Labute approximate surface area is 180 Å². The van der Waals surface area contributed by atoms with Gasteiger partial charge in [0.15, 0.2) is 23.2 Å². The average Bonchev–Trinajstić information content (AvgIpc) is 3.26. The number of ether oxygens (including phenoxy) is 2.